The van der Waals surface area contributed by atoms with Crippen molar-refractivity contribution in [3.63, 3.8) is 0 Å². The number of imidazole rings is 1. The van der Waals surface area contributed by atoms with Crippen LogP contribution in [0.4, 0.5) is 5.69 Å². The third-order valence-electron chi connectivity index (χ3n) is 4.60. The largest absolute Gasteiger partial charge is 0.352 e. The summed E-state index contributed by atoms with van der Waals surface area (Å²) in [5.41, 5.74) is 3.48. The van der Waals surface area contributed by atoms with Gasteiger partial charge in [-0.25, -0.2) is 4.98 Å². The second-order valence-electron chi connectivity index (χ2n) is 7.90. The number of amides is 2. The fourth-order valence-electron chi connectivity index (χ4n) is 2.87. The molecule has 2 amide bonds. The van der Waals surface area contributed by atoms with Crippen LogP contribution in [0.3, 0.4) is 0 Å². The normalized spacial score (nSPS) is 11.1. The van der Waals surface area contributed by atoms with Gasteiger partial charge >= 0.3 is 0 Å². The molecular weight excluding hydrogens is 364 g/mol. The quantitative estimate of drug-likeness (QED) is 0.670. The summed E-state index contributed by atoms with van der Waals surface area (Å²) in [6.45, 7) is 6.67. The molecule has 150 valence electrons. The lowest BCUT2D eigenvalue weighted by Gasteiger charge is -2.19. The predicted octanol–water partition coefficient (Wildman–Crippen LogP) is 3.93. The Bertz CT molecular complexity index is 954. The minimum atomic E-state index is -0.178. The number of nitrogens with zero attached hydrogens (tertiary/aromatic N) is 2. The van der Waals surface area contributed by atoms with E-state index in [1.54, 1.807) is 12.5 Å². The van der Waals surface area contributed by atoms with Crippen molar-refractivity contribution >= 4 is 17.5 Å². The Labute approximate surface area is 171 Å². The Morgan fingerprint density at radius 2 is 1.69 bits per heavy atom. The Balaban J connectivity index is 1.45. The zero-order valence-corrected chi connectivity index (χ0v) is 17.0. The highest BCUT2D eigenvalue weighted by Crippen LogP contribution is 2.22. The van der Waals surface area contributed by atoms with E-state index in [4.69, 9.17) is 0 Å². The molecule has 0 saturated heterocycles. The van der Waals surface area contributed by atoms with E-state index in [0.29, 0.717) is 11.3 Å². The summed E-state index contributed by atoms with van der Waals surface area (Å²) in [6.07, 6.45) is 5.48. The van der Waals surface area contributed by atoms with E-state index in [1.165, 1.54) is 5.56 Å². The monoisotopic (exact) mass is 390 g/mol. The topological polar surface area (TPSA) is 76.0 Å². The number of hydrogen-bond donors (Lipinski definition) is 2. The highest BCUT2D eigenvalue weighted by molar-refractivity contribution is 5.95. The Kier molecular flexibility index (Phi) is 6.12. The van der Waals surface area contributed by atoms with Gasteiger partial charge in [-0.15, -0.1) is 0 Å². The summed E-state index contributed by atoms with van der Waals surface area (Å²) >= 11 is 0. The molecule has 0 unspecified atom stereocenters. The lowest BCUT2D eigenvalue weighted by Crippen LogP contribution is -2.27. The fraction of sp³-hybridized carbons (Fsp3) is 0.261. The van der Waals surface area contributed by atoms with Crippen molar-refractivity contribution in [3.05, 3.63) is 78.4 Å². The van der Waals surface area contributed by atoms with E-state index in [-0.39, 0.29) is 30.2 Å². The number of anilines is 1. The maximum Gasteiger partial charge on any atom is 0.251 e. The van der Waals surface area contributed by atoms with Gasteiger partial charge in [0.25, 0.3) is 5.91 Å². The van der Waals surface area contributed by atoms with Crippen molar-refractivity contribution in [3.8, 4) is 5.69 Å². The van der Waals surface area contributed by atoms with Gasteiger partial charge in [-0.1, -0.05) is 32.9 Å². The van der Waals surface area contributed by atoms with Crippen LogP contribution in [0.25, 0.3) is 5.69 Å². The SMILES string of the molecule is CC(C)(C)c1ccc(C(=O)NCCC(=O)Nc2ccc(-n3ccnc3)cc2)cc1. The maximum absolute atomic E-state index is 12.2. The van der Waals surface area contributed by atoms with Gasteiger partial charge in [-0.3, -0.25) is 9.59 Å². The fourth-order valence-corrected chi connectivity index (χ4v) is 2.87. The average Bonchev–Trinajstić information content (AvgIpc) is 3.23. The van der Waals surface area contributed by atoms with Crippen LogP contribution in [0.15, 0.2) is 67.3 Å². The summed E-state index contributed by atoms with van der Waals surface area (Å²) in [7, 11) is 0. The van der Waals surface area contributed by atoms with Gasteiger partial charge in [-0.05, 0) is 47.4 Å². The standard InChI is InChI=1S/C23H26N4O2/c1-23(2,3)18-6-4-17(5-7-18)22(29)25-13-12-21(28)26-19-8-10-20(11-9-19)27-15-14-24-16-27/h4-11,14-16H,12-13H2,1-3H3,(H,25,29)(H,26,28). The molecule has 0 aliphatic carbocycles. The zero-order valence-electron chi connectivity index (χ0n) is 17.0. The van der Waals surface area contributed by atoms with Gasteiger partial charge in [0.15, 0.2) is 0 Å². The highest BCUT2D eigenvalue weighted by Gasteiger charge is 2.14. The van der Waals surface area contributed by atoms with E-state index >= 15 is 0 Å². The Morgan fingerprint density at radius 1 is 1.00 bits per heavy atom. The van der Waals surface area contributed by atoms with Crippen molar-refractivity contribution in [1.29, 1.82) is 0 Å². The summed E-state index contributed by atoms with van der Waals surface area (Å²) in [5.74, 6) is -0.327. The molecule has 0 aliphatic heterocycles. The number of carbonyl (C=O) groups is 2. The lowest BCUT2D eigenvalue weighted by molar-refractivity contribution is -0.116. The third kappa shape index (κ3) is 5.54. The highest BCUT2D eigenvalue weighted by atomic mass is 16.2. The van der Waals surface area contributed by atoms with Gasteiger partial charge in [-0.2, -0.15) is 0 Å². The molecule has 2 N–H and O–H groups in total. The molecule has 6 nitrogen and oxygen atoms in total. The molecule has 0 spiro atoms. The van der Waals surface area contributed by atoms with Crippen LogP contribution in [0.5, 0.6) is 0 Å². The Morgan fingerprint density at radius 3 is 2.28 bits per heavy atom. The Hall–Kier alpha value is -3.41. The van der Waals surface area contributed by atoms with Crippen LogP contribution in [0, 0.1) is 0 Å². The predicted molar refractivity (Wildman–Crippen MR) is 114 cm³/mol. The van der Waals surface area contributed by atoms with Crippen LogP contribution in [-0.4, -0.2) is 27.9 Å². The molecule has 0 atom stereocenters. The second-order valence-corrected chi connectivity index (χ2v) is 7.90. The van der Waals surface area contributed by atoms with Crippen molar-refractivity contribution in [2.75, 3.05) is 11.9 Å². The van der Waals surface area contributed by atoms with E-state index in [0.717, 1.165) is 5.69 Å². The molecule has 3 rings (SSSR count). The number of nitrogens with one attached hydrogen (secondary N) is 2. The molecule has 1 aromatic heterocycles. The van der Waals surface area contributed by atoms with Gasteiger partial charge in [0, 0.05) is 42.3 Å². The van der Waals surface area contributed by atoms with E-state index in [2.05, 4.69) is 36.4 Å². The van der Waals surface area contributed by atoms with Crippen molar-refractivity contribution in [2.45, 2.75) is 32.6 Å². The number of rotatable bonds is 6. The number of benzene rings is 2. The summed E-state index contributed by atoms with van der Waals surface area (Å²) < 4.78 is 1.88. The molecule has 29 heavy (non-hydrogen) atoms. The number of aromatic nitrogens is 2. The van der Waals surface area contributed by atoms with Crippen LogP contribution in [0.2, 0.25) is 0 Å². The summed E-state index contributed by atoms with van der Waals surface area (Å²) in [6, 6.07) is 15.0. The molecule has 0 saturated carbocycles. The van der Waals surface area contributed by atoms with Gasteiger partial charge in [0.05, 0.1) is 6.33 Å². The molecule has 2 aromatic carbocycles. The first-order valence-electron chi connectivity index (χ1n) is 9.60. The lowest BCUT2D eigenvalue weighted by atomic mass is 9.87. The van der Waals surface area contributed by atoms with Crippen LogP contribution in [0.1, 0.15) is 43.1 Å². The average molecular weight is 390 g/mol. The van der Waals surface area contributed by atoms with Crippen LogP contribution in [-0.2, 0) is 10.2 Å². The molecule has 0 fully saturated rings. The summed E-state index contributed by atoms with van der Waals surface area (Å²) in [5, 5.41) is 5.63. The first-order chi connectivity index (χ1) is 13.8. The summed E-state index contributed by atoms with van der Waals surface area (Å²) in [4.78, 5) is 28.4. The third-order valence-corrected chi connectivity index (χ3v) is 4.60. The van der Waals surface area contributed by atoms with Gasteiger partial charge in [0.1, 0.15) is 0 Å². The smallest absolute Gasteiger partial charge is 0.251 e. The molecule has 0 radical (unpaired) electrons. The second kappa shape index (κ2) is 8.73. The van der Waals surface area contributed by atoms with Crippen LogP contribution >= 0.6 is 0 Å². The number of hydrogen-bond acceptors (Lipinski definition) is 3. The molecule has 1 heterocycles. The van der Waals surface area contributed by atoms with E-state index in [1.807, 2.05) is 59.3 Å². The zero-order chi connectivity index (χ0) is 20.9. The van der Waals surface area contributed by atoms with E-state index in [9.17, 15) is 9.59 Å². The van der Waals surface area contributed by atoms with Gasteiger partial charge in [0.2, 0.25) is 5.91 Å². The maximum atomic E-state index is 12.2. The van der Waals surface area contributed by atoms with Gasteiger partial charge < -0.3 is 15.2 Å². The minimum Gasteiger partial charge on any atom is -0.352 e. The molecule has 0 bridgehead atoms. The van der Waals surface area contributed by atoms with Crippen LogP contribution < -0.4 is 10.6 Å². The molecular formula is C23H26N4O2. The number of carbonyl (C=O) groups excluding carboxylic acids is 2. The van der Waals surface area contributed by atoms with E-state index < -0.39 is 0 Å². The van der Waals surface area contributed by atoms with Crippen molar-refractivity contribution in [2.24, 2.45) is 0 Å². The first-order valence-corrected chi connectivity index (χ1v) is 9.60. The van der Waals surface area contributed by atoms with Crippen molar-refractivity contribution < 1.29 is 9.59 Å². The molecule has 3 aromatic rings. The minimum absolute atomic E-state index is 0.0457. The first kappa shape index (κ1) is 20.3. The molecule has 6 heteroatoms. The van der Waals surface area contributed by atoms with Crippen molar-refractivity contribution in [1.82, 2.24) is 14.9 Å². The molecule has 0 aliphatic rings.